The van der Waals surface area contributed by atoms with Gasteiger partial charge in [-0.05, 0) is 122 Å². The van der Waals surface area contributed by atoms with E-state index in [0.717, 1.165) is 71.0 Å². The highest BCUT2D eigenvalue weighted by Crippen LogP contribution is 2.65. The largest absolute Gasteiger partial charge is 0.0530 e. The normalized spacial score (nSPS) is 53.6. The SMILES string of the molecule is C1CC[C@@H]2C(C1)C([C@@H]1CCC[C@@H]3CCCCC31)[C@@H]1CCCCC1C2[C@@H]1CCC[C@@H]2CCCCC21. The Morgan fingerprint density at radius 3 is 0.824 bits per heavy atom. The van der Waals surface area contributed by atoms with Crippen LogP contribution in [0.3, 0.4) is 0 Å². The minimum atomic E-state index is 1.13. The summed E-state index contributed by atoms with van der Waals surface area (Å²) in [5.41, 5.74) is 0. The molecule has 7 fully saturated rings. The van der Waals surface area contributed by atoms with E-state index >= 15 is 0 Å². The molecule has 0 saturated heterocycles. The van der Waals surface area contributed by atoms with Crippen molar-refractivity contribution in [3.8, 4) is 0 Å². The van der Waals surface area contributed by atoms with Gasteiger partial charge in [0.1, 0.15) is 0 Å². The van der Waals surface area contributed by atoms with Gasteiger partial charge >= 0.3 is 0 Å². The Morgan fingerprint density at radius 2 is 0.441 bits per heavy atom. The fourth-order valence-corrected chi connectivity index (χ4v) is 13.1. The molecule has 0 aromatic heterocycles. The Hall–Kier alpha value is 0. The summed E-state index contributed by atoms with van der Waals surface area (Å²) in [4.78, 5) is 0. The van der Waals surface area contributed by atoms with Crippen molar-refractivity contribution in [2.45, 2.75) is 141 Å². The molecule has 0 aromatic rings. The van der Waals surface area contributed by atoms with Crippen LogP contribution >= 0.6 is 0 Å². The molecular weight excluding hydrogens is 408 g/mol. The second kappa shape index (κ2) is 10.0. The molecule has 7 saturated carbocycles. The van der Waals surface area contributed by atoms with Gasteiger partial charge in [0.15, 0.2) is 0 Å². The van der Waals surface area contributed by atoms with Crippen LogP contribution in [0.1, 0.15) is 141 Å². The van der Waals surface area contributed by atoms with Crippen molar-refractivity contribution >= 4 is 0 Å². The van der Waals surface area contributed by atoms with E-state index in [1.54, 1.807) is 141 Å². The van der Waals surface area contributed by atoms with Crippen LogP contribution in [0.4, 0.5) is 0 Å². The first-order valence-electron chi connectivity index (χ1n) is 16.9. The molecule has 7 rings (SSSR count). The predicted octanol–water partition coefficient (Wildman–Crippen LogP) is 10.1. The fourth-order valence-electron chi connectivity index (χ4n) is 13.1. The van der Waals surface area contributed by atoms with Gasteiger partial charge in [0.05, 0.1) is 0 Å². The lowest BCUT2D eigenvalue weighted by atomic mass is 9.42. The highest BCUT2D eigenvalue weighted by atomic mass is 14.6. The summed E-state index contributed by atoms with van der Waals surface area (Å²) in [6, 6.07) is 0. The van der Waals surface area contributed by atoms with Gasteiger partial charge in [-0.3, -0.25) is 0 Å². The van der Waals surface area contributed by atoms with Gasteiger partial charge in [-0.15, -0.1) is 0 Å². The Morgan fingerprint density at radius 1 is 0.206 bits per heavy atom. The van der Waals surface area contributed by atoms with E-state index in [1.807, 2.05) is 0 Å². The van der Waals surface area contributed by atoms with Crippen molar-refractivity contribution < 1.29 is 0 Å². The Labute approximate surface area is 212 Å². The molecular formula is C34H56. The van der Waals surface area contributed by atoms with Crippen molar-refractivity contribution in [3.63, 3.8) is 0 Å². The van der Waals surface area contributed by atoms with Gasteiger partial charge in [-0.1, -0.05) is 89.9 Å². The fraction of sp³-hybridized carbons (Fsp3) is 1.00. The molecule has 0 N–H and O–H groups in total. The molecule has 192 valence electrons. The van der Waals surface area contributed by atoms with Gasteiger partial charge in [0.25, 0.3) is 0 Å². The van der Waals surface area contributed by atoms with Crippen LogP contribution in [0.2, 0.25) is 0 Å². The summed E-state index contributed by atoms with van der Waals surface area (Å²) in [6.07, 6.45) is 35.3. The third-order valence-electron chi connectivity index (χ3n) is 14.0. The van der Waals surface area contributed by atoms with Crippen molar-refractivity contribution in [2.24, 2.45) is 71.0 Å². The van der Waals surface area contributed by atoms with Crippen molar-refractivity contribution in [1.82, 2.24) is 0 Å². The Bertz CT molecular complexity index is 594. The summed E-state index contributed by atoms with van der Waals surface area (Å²) < 4.78 is 0. The van der Waals surface area contributed by atoms with Gasteiger partial charge in [-0.2, -0.15) is 0 Å². The molecule has 34 heavy (non-hydrogen) atoms. The molecule has 0 amide bonds. The smallest absolute Gasteiger partial charge is 0.0321 e. The molecule has 0 radical (unpaired) electrons. The van der Waals surface area contributed by atoms with E-state index in [4.69, 9.17) is 0 Å². The van der Waals surface area contributed by atoms with Crippen LogP contribution < -0.4 is 0 Å². The van der Waals surface area contributed by atoms with Crippen molar-refractivity contribution in [3.05, 3.63) is 0 Å². The average Bonchev–Trinajstić information content (AvgIpc) is 2.91. The molecule has 0 nitrogen and oxygen atoms in total. The molecule has 7 aliphatic carbocycles. The van der Waals surface area contributed by atoms with E-state index in [2.05, 4.69) is 0 Å². The third kappa shape index (κ3) is 3.97. The molecule has 7 aliphatic rings. The highest BCUT2D eigenvalue weighted by Gasteiger charge is 2.57. The van der Waals surface area contributed by atoms with E-state index < -0.39 is 0 Å². The summed E-state index contributed by atoms with van der Waals surface area (Å²) in [7, 11) is 0. The second-order valence-electron chi connectivity index (χ2n) is 15.0. The number of hydrogen-bond acceptors (Lipinski definition) is 0. The maximum absolute atomic E-state index is 1.64. The number of hydrogen-bond donors (Lipinski definition) is 0. The molecule has 0 bridgehead atoms. The van der Waals surface area contributed by atoms with E-state index in [-0.39, 0.29) is 0 Å². The topological polar surface area (TPSA) is 0 Å². The van der Waals surface area contributed by atoms with Crippen LogP contribution in [0.5, 0.6) is 0 Å². The number of fused-ring (bicyclic) bond motifs is 4. The minimum Gasteiger partial charge on any atom is -0.0530 e. The standard InChI is InChI=1S/C34H56/c1-3-15-25-23(11-1)13-9-21-27(25)33-29-17-5-7-19-31(29)34(32-20-8-6-18-30(32)33)28-22-10-14-24-12-2-4-16-26(24)28/h23-34H,1-22H2/t23-,24-,25?,26?,27+,28+,29+,30?,31?,32+,33?,34?/m0/s1. The number of rotatable bonds is 2. The van der Waals surface area contributed by atoms with Crippen molar-refractivity contribution in [2.75, 3.05) is 0 Å². The Kier molecular flexibility index (Phi) is 6.84. The zero-order valence-corrected chi connectivity index (χ0v) is 22.5. The van der Waals surface area contributed by atoms with E-state index in [0.29, 0.717) is 0 Å². The van der Waals surface area contributed by atoms with Gasteiger partial charge in [0, 0.05) is 0 Å². The van der Waals surface area contributed by atoms with Crippen LogP contribution in [0.25, 0.3) is 0 Å². The maximum Gasteiger partial charge on any atom is -0.0321 e. The van der Waals surface area contributed by atoms with Gasteiger partial charge < -0.3 is 0 Å². The first-order valence-corrected chi connectivity index (χ1v) is 16.9. The summed E-state index contributed by atoms with van der Waals surface area (Å²) in [5, 5.41) is 0. The van der Waals surface area contributed by atoms with Crippen LogP contribution in [-0.4, -0.2) is 0 Å². The van der Waals surface area contributed by atoms with Crippen molar-refractivity contribution in [1.29, 1.82) is 0 Å². The predicted molar refractivity (Wildman–Crippen MR) is 143 cm³/mol. The van der Waals surface area contributed by atoms with Gasteiger partial charge in [-0.25, -0.2) is 0 Å². The van der Waals surface area contributed by atoms with Crippen LogP contribution in [0.15, 0.2) is 0 Å². The lowest BCUT2D eigenvalue weighted by Gasteiger charge is -2.63. The summed E-state index contributed by atoms with van der Waals surface area (Å²) in [5.74, 6) is 13.7. The van der Waals surface area contributed by atoms with Gasteiger partial charge in [0.2, 0.25) is 0 Å². The van der Waals surface area contributed by atoms with E-state index in [9.17, 15) is 0 Å². The second-order valence-corrected chi connectivity index (χ2v) is 15.0. The molecule has 0 heteroatoms. The molecule has 0 aliphatic heterocycles. The molecule has 6 unspecified atom stereocenters. The highest BCUT2D eigenvalue weighted by molar-refractivity contribution is 5.06. The zero-order chi connectivity index (χ0) is 22.5. The first-order chi connectivity index (χ1) is 16.9. The van der Waals surface area contributed by atoms with Crippen LogP contribution in [-0.2, 0) is 0 Å². The van der Waals surface area contributed by atoms with E-state index in [1.165, 1.54) is 0 Å². The summed E-state index contributed by atoms with van der Waals surface area (Å²) in [6.45, 7) is 0. The lowest BCUT2D eigenvalue weighted by molar-refractivity contribution is -0.140. The summed E-state index contributed by atoms with van der Waals surface area (Å²) >= 11 is 0. The third-order valence-corrected chi connectivity index (χ3v) is 14.0. The average molecular weight is 465 g/mol. The zero-order valence-electron chi connectivity index (χ0n) is 22.5. The first kappa shape index (κ1) is 23.1. The Balaban J connectivity index is 1.23. The molecule has 0 heterocycles. The quantitative estimate of drug-likeness (QED) is 0.381. The monoisotopic (exact) mass is 464 g/mol. The maximum atomic E-state index is 1.64. The molecule has 0 spiro atoms. The molecule has 12 atom stereocenters. The minimum absolute atomic E-state index is 1.13. The van der Waals surface area contributed by atoms with Crippen LogP contribution in [0, 0.1) is 71.0 Å². The lowest BCUT2D eigenvalue weighted by Crippen LogP contribution is -2.56. The molecule has 0 aromatic carbocycles.